The molecule has 0 spiro atoms. The Morgan fingerprint density at radius 2 is 1.93 bits per heavy atom. The van der Waals surface area contributed by atoms with Crippen LogP contribution in [0.15, 0.2) is 0 Å². The van der Waals surface area contributed by atoms with E-state index in [4.69, 9.17) is 0 Å². The summed E-state index contributed by atoms with van der Waals surface area (Å²) in [6.45, 7) is -0.789. The van der Waals surface area contributed by atoms with Gasteiger partial charge in [-0.3, -0.25) is 0 Å². The quantitative estimate of drug-likeness (QED) is 0.537. The normalized spacial score (nSPS) is 24.7. The van der Waals surface area contributed by atoms with Gasteiger partial charge in [0.15, 0.2) is 6.10 Å². The summed E-state index contributed by atoms with van der Waals surface area (Å²) in [7, 11) is 0. The van der Waals surface area contributed by atoms with Crippen molar-refractivity contribution >= 4 is 6.16 Å². The summed E-state index contributed by atoms with van der Waals surface area (Å²) in [5, 5.41) is 0. The van der Waals surface area contributed by atoms with Gasteiger partial charge in [0.25, 0.3) is 0 Å². The lowest BCUT2D eigenvalue weighted by Crippen LogP contribution is -2.45. The molecular formula is C6H5F5O3. The lowest BCUT2D eigenvalue weighted by atomic mass is 10.1. The molecule has 82 valence electrons. The van der Waals surface area contributed by atoms with E-state index in [0.717, 1.165) is 0 Å². The monoisotopic (exact) mass is 220 g/mol. The number of carbonyl (C=O) groups excluding carboxylic acids is 1. The van der Waals surface area contributed by atoms with Crippen LogP contribution in [-0.4, -0.2) is 37.4 Å². The van der Waals surface area contributed by atoms with Gasteiger partial charge in [-0.2, -0.15) is 8.78 Å². The maximum atomic E-state index is 12.7. The van der Waals surface area contributed by atoms with Crippen molar-refractivity contribution in [2.75, 3.05) is 6.61 Å². The Kier molecular flexibility index (Phi) is 2.81. The molecule has 0 N–H and O–H groups in total. The van der Waals surface area contributed by atoms with Crippen LogP contribution in [-0.2, 0) is 9.47 Å². The van der Waals surface area contributed by atoms with Gasteiger partial charge in [-0.05, 0) is 0 Å². The minimum absolute atomic E-state index is 0.789. The van der Waals surface area contributed by atoms with Crippen LogP contribution in [0.5, 0.6) is 0 Å². The average Bonchev–Trinajstić information content (AvgIpc) is 2.50. The van der Waals surface area contributed by atoms with Gasteiger partial charge in [-0.25, -0.2) is 18.0 Å². The van der Waals surface area contributed by atoms with Crippen LogP contribution in [0.3, 0.4) is 0 Å². The molecule has 0 aromatic heterocycles. The number of alkyl halides is 5. The number of ether oxygens (including phenoxy) is 2. The second-order valence-electron chi connectivity index (χ2n) is 2.59. The fourth-order valence-corrected chi connectivity index (χ4v) is 0.854. The third kappa shape index (κ3) is 1.88. The predicted molar refractivity (Wildman–Crippen MR) is 32.1 cm³/mol. The van der Waals surface area contributed by atoms with Crippen molar-refractivity contribution in [2.24, 2.45) is 0 Å². The van der Waals surface area contributed by atoms with Gasteiger partial charge < -0.3 is 9.47 Å². The first-order valence-corrected chi connectivity index (χ1v) is 3.49. The molecule has 2 atom stereocenters. The van der Waals surface area contributed by atoms with Gasteiger partial charge in [0.05, 0.1) is 0 Å². The van der Waals surface area contributed by atoms with Crippen LogP contribution in [0.2, 0.25) is 0 Å². The number of hydrogen-bond acceptors (Lipinski definition) is 3. The number of cyclic esters (lactones) is 2. The van der Waals surface area contributed by atoms with E-state index in [1.807, 2.05) is 0 Å². The highest BCUT2D eigenvalue weighted by Gasteiger charge is 2.55. The molecule has 1 rings (SSSR count). The first-order chi connectivity index (χ1) is 6.35. The summed E-state index contributed by atoms with van der Waals surface area (Å²) in [4.78, 5) is 10.2. The number of carbonyl (C=O) groups is 1. The lowest BCUT2D eigenvalue weighted by molar-refractivity contribution is -0.189. The van der Waals surface area contributed by atoms with Crippen molar-refractivity contribution in [1.29, 1.82) is 0 Å². The Bertz CT molecular complexity index is 232. The molecule has 8 heteroatoms. The summed E-state index contributed by atoms with van der Waals surface area (Å²) >= 11 is 0. The van der Waals surface area contributed by atoms with E-state index in [1.165, 1.54) is 0 Å². The number of rotatable bonds is 3. The third-order valence-electron chi connectivity index (χ3n) is 1.60. The Labute approximate surface area is 74.8 Å². The SMILES string of the molecule is O=C1OCC(C(F)C(F)(F)C(F)F)O1. The van der Waals surface area contributed by atoms with Crippen molar-refractivity contribution < 1.29 is 36.2 Å². The molecule has 0 aliphatic carbocycles. The second-order valence-corrected chi connectivity index (χ2v) is 2.59. The van der Waals surface area contributed by atoms with Crippen LogP contribution < -0.4 is 0 Å². The van der Waals surface area contributed by atoms with E-state index in [1.54, 1.807) is 0 Å². The summed E-state index contributed by atoms with van der Waals surface area (Å²) < 4.78 is 68.6. The van der Waals surface area contributed by atoms with E-state index in [9.17, 15) is 26.7 Å². The van der Waals surface area contributed by atoms with E-state index >= 15 is 0 Å². The minimum Gasteiger partial charge on any atom is -0.430 e. The predicted octanol–water partition coefficient (Wildman–Crippen LogP) is 1.76. The van der Waals surface area contributed by atoms with Gasteiger partial charge in [0.2, 0.25) is 6.17 Å². The van der Waals surface area contributed by atoms with Crippen LogP contribution in [0.1, 0.15) is 0 Å². The molecule has 0 radical (unpaired) electrons. The van der Waals surface area contributed by atoms with Gasteiger partial charge in [-0.1, -0.05) is 0 Å². The molecule has 1 aliphatic heterocycles. The fourth-order valence-electron chi connectivity index (χ4n) is 0.854. The van der Waals surface area contributed by atoms with Crippen molar-refractivity contribution in [3.8, 4) is 0 Å². The Balaban J connectivity index is 2.64. The topological polar surface area (TPSA) is 35.5 Å². The molecule has 1 aliphatic rings. The summed E-state index contributed by atoms with van der Waals surface area (Å²) in [6.07, 6.45) is -10.8. The van der Waals surface area contributed by atoms with Crippen LogP contribution >= 0.6 is 0 Å². The highest BCUT2D eigenvalue weighted by Crippen LogP contribution is 2.33. The van der Waals surface area contributed by atoms with Gasteiger partial charge in [-0.15, -0.1) is 0 Å². The number of halogens is 5. The molecule has 1 fully saturated rings. The number of hydrogen-bond donors (Lipinski definition) is 0. The summed E-state index contributed by atoms with van der Waals surface area (Å²) in [5.41, 5.74) is 0. The third-order valence-corrected chi connectivity index (χ3v) is 1.60. The zero-order valence-corrected chi connectivity index (χ0v) is 6.55. The molecular weight excluding hydrogens is 215 g/mol. The first kappa shape index (κ1) is 11.0. The fraction of sp³-hybridized carbons (Fsp3) is 0.833. The smallest absolute Gasteiger partial charge is 0.430 e. The van der Waals surface area contributed by atoms with Crippen molar-refractivity contribution in [2.45, 2.75) is 24.6 Å². The molecule has 0 bridgehead atoms. The Hall–Kier alpha value is -1.08. The van der Waals surface area contributed by atoms with Crippen LogP contribution in [0.4, 0.5) is 26.7 Å². The molecule has 1 saturated heterocycles. The molecule has 0 amide bonds. The zero-order chi connectivity index (χ0) is 10.9. The van der Waals surface area contributed by atoms with Gasteiger partial charge >= 0.3 is 18.5 Å². The highest BCUT2D eigenvalue weighted by molar-refractivity contribution is 5.62. The standard InChI is InChI=1S/C6H5F5O3/c7-3(6(10,11)4(8)9)2-1-13-5(12)14-2/h2-4H,1H2. The maximum Gasteiger partial charge on any atom is 0.508 e. The molecule has 0 aromatic carbocycles. The molecule has 0 saturated carbocycles. The van der Waals surface area contributed by atoms with Crippen molar-refractivity contribution in [3.63, 3.8) is 0 Å². The van der Waals surface area contributed by atoms with E-state index < -0.39 is 37.4 Å². The molecule has 2 unspecified atom stereocenters. The molecule has 14 heavy (non-hydrogen) atoms. The maximum absolute atomic E-state index is 12.7. The van der Waals surface area contributed by atoms with E-state index in [-0.39, 0.29) is 0 Å². The van der Waals surface area contributed by atoms with Crippen molar-refractivity contribution in [3.05, 3.63) is 0 Å². The van der Waals surface area contributed by atoms with Crippen LogP contribution in [0.25, 0.3) is 0 Å². The van der Waals surface area contributed by atoms with E-state index in [0.29, 0.717) is 0 Å². The van der Waals surface area contributed by atoms with E-state index in [2.05, 4.69) is 9.47 Å². The minimum atomic E-state index is -4.85. The first-order valence-electron chi connectivity index (χ1n) is 3.49. The molecule has 1 heterocycles. The van der Waals surface area contributed by atoms with Gasteiger partial charge in [0.1, 0.15) is 6.61 Å². The molecule has 3 nitrogen and oxygen atoms in total. The highest BCUT2D eigenvalue weighted by atomic mass is 19.3. The van der Waals surface area contributed by atoms with Gasteiger partial charge in [0, 0.05) is 0 Å². The second kappa shape index (κ2) is 3.58. The average molecular weight is 220 g/mol. The van der Waals surface area contributed by atoms with Crippen LogP contribution in [0, 0.1) is 0 Å². The lowest BCUT2D eigenvalue weighted by Gasteiger charge is -2.21. The summed E-state index contributed by atoms with van der Waals surface area (Å²) in [6, 6.07) is 0. The largest absolute Gasteiger partial charge is 0.508 e. The Morgan fingerprint density at radius 3 is 2.29 bits per heavy atom. The Morgan fingerprint density at radius 1 is 1.36 bits per heavy atom. The summed E-state index contributed by atoms with van der Waals surface area (Å²) in [5.74, 6) is -4.85. The van der Waals surface area contributed by atoms with Crippen molar-refractivity contribution in [1.82, 2.24) is 0 Å². The zero-order valence-electron chi connectivity index (χ0n) is 6.55. The molecule has 0 aromatic rings.